The van der Waals surface area contributed by atoms with Crippen molar-refractivity contribution in [2.24, 2.45) is 5.73 Å². The fourth-order valence-electron chi connectivity index (χ4n) is 4.63. The van der Waals surface area contributed by atoms with Crippen LogP contribution in [0.15, 0.2) is 0 Å². The number of carbonyl (C=O) groups is 2. The summed E-state index contributed by atoms with van der Waals surface area (Å²) in [5.41, 5.74) is 4.74. The van der Waals surface area contributed by atoms with Crippen LogP contribution in [-0.4, -0.2) is 76.6 Å². The molecule has 2 amide bonds. The Hall–Kier alpha value is -1.18. The van der Waals surface area contributed by atoms with Crippen molar-refractivity contribution in [1.29, 1.82) is 0 Å². The summed E-state index contributed by atoms with van der Waals surface area (Å²) in [4.78, 5) is 27.9. The number of nitrogens with two attached hydrogens (primary N) is 1. The van der Waals surface area contributed by atoms with Crippen molar-refractivity contribution >= 4 is 11.8 Å². The Morgan fingerprint density at radius 3 is 2.40 bits per heavy atom. The first-order chi connectivity index (χ1) is 11.8. The summed E-state index contributed by atoms with van der Waals surface area (Å²) < 4.78 is 0. The molecule has 2 aliphatic heterocycles. The molecule has 3 aliphatic rings. The number of nitrogens with one attached hydrogen (secondary N) is 1. The molecule has 3 fully saturated rings. The molecule has 25 heavy (non-hydrogen) atoms. The van der Waals surface area contributed by atoms with Crippen LogP contribution in [0.3, 0.4) is 0 Å². The predicted octanol–water partition coefficient (Wildman–Crippen LogP) is -0.178. The minimum absolute atomic E-state index is 0.0182. The summed E-state index contributed by atoms with van der Waals surface area (Å²) in [5.74, 6) is 0.0370. The largest absolute Gasteiger partial charge is 0.387 e. The van der Waals surface area contributed by atoms with E-state index in [1.807, 2.05) is 0 Å². The van der Waals surface area contributed by atoms with Crippen LogP contribution >= 0.6 is 0 Å². The van der Waals surface area contributed by atoms with Gasteiger partial charge in [0.15, 0.2) is 0 Å². The van der Waals surface area contributed by atoms with Gasteiger partial charge in [-0.25, -0.2) is 0 Å². The quantitative estimate of drug-likeness (QED) is 0.652. The van der Waals surface area contributed by atoms with Gasteiger partial charge in [0.05, 0.1) is 17.7 Å². The smallest absolute Gasteiger partial charge is 0.242 e. The number of aliphatic hydroxyl groups is 1. The third kappa shape index (κ3) is 4.33. The van der Waals surface area contributed by atoms with E-state index in [2.05, 4.69) is 10.2 Å². The molecule has 7 heteroatoms. The van der Waals surface area contributed by atoms with Gasteiger partial charge >= 0.3 is 0 Å². The topological polar surface area (TPSA) is 98.9 Å². The van der Waals surface area contributed by atoms with Gasteiger partial charge in [-0.1, -0.05) is 12.8 Å². The van der Waals surface area contributed by atoms with Crippen molar-refractivity contribution in [1.82, 2.24) is 15.1 Å². The molecule has 0 radical (unpaired) electrons. The summed E-state index contributed by atoms with van der Waals surface area (Å²) in [7, 11) is 0. The summed E-state index contributed by atoms with van der Waals surface area (Å²) in [6, 6.07) is 0.240. The van der Waals surface area contributed by atoms with Gasteiger partial charge in [-0.3, -0.25) is 9.59 Å². The van der Waals surface area contributed by atoms with Crippen LogP contribution in [0.5, 0.6) is 0 Å². The van der Waals surface area contributed by atoms with Crippen LogP contribution in [0.2, 0.25) is 0 Å². The Kier molecular flexibility index (Phi) is 5.37. The Balaban J connectivity index is 1.49. The highest BCUT2D eigenvalue weighted by molar-refractivity contribution is 5.86. The number of likely N-dealkylation sites (tertiary alicyclic amines) is 2. The first-order valence-corrected chi connectivity index (χ1v) is 9.60. The first kappa shape index (κ1) is 18.6. The highest BCUT2D eigenvalue weighted by atomic mass is 16.3. The molecule has 0 aromatic rings. The number of carbonyl (C=O) groups excluding carboxylic acids is 2. The number of piperidine rings is 1. The average Bonchev–Trinajstić information content (AvgIpc) is 3.16. The molecular formula is C18H32N4O3. The normalized spacial score (nSPS) is 30.6. The molecular weight excluding hydrogens is 320 g/mol. The van der Waals surface area contributed by atoms with Gasteiger partial charge in [-0.15, -0.1) is 0 Å². The van der Waals surface area contributed by atoms with Gasteiger partial charge in [0.2, 0.25) is 11.8 Å². The maximum absolute atomic E-state index is 12.7. The molecule has 4 N–H and O–H groups in total. The molecule has 1 unspecified atom stereocenters. The van der Waals surface area contributed by atoms with Crippen LogP contribution in [0.25, 0.3) is 0 Å². The molecule has 1 atom stereocenters. The lowest BCUT2D eigenvalue weighted by molar-refractivity contribution is -0.137. The lowest BCUT2D eigenvalue weighted by Gasteiger charge is -2.37. The summed E-state index contributed by atoms with van der Waals surface area (Å²) in [6.45, 7) is 4.84. The minimum atomic E-state index is -0.842. The molecule has 1 saturated carbocycles. The van der Waals surface area contributed by atoms with Crippen molar-refractivity contribution in [2.45, 2.75) is 69.1 Å². The molecule has 0 aromatic carbocycles. The van der Waals surface area contributed by atoms with E-state index in [9.17, 15) is 14.7 Å². The van der Waals surface area contributed by atoms with E-state index in [1.165, 1.54) is 0 Å². The maximum Gasteiger partial charge on any atom is 0.242 e. The number of nitrogens with zero attached hydrogens (tertiary/aromatic N) is 2. The maximum atomic E-state index is 12.7. The van der Waals surface area contributed by atoms with Crippen molar-refractivity contribution in [3.05, 3.63) is 0 Å². The third-order valence-corrected chi connectivity index (χ3v) is 6.05. The van der Waals surface area contributed by atoms with E-state index >= 15 is 0 Å². The number of hydrogen-bond acceptors (Lipinski definition) is 5. The van der Waals surface area contributed by atoms with Crippen molar-refractivity contribution in [3.63, 3.8) is 0 Å². The van der Waals surface area contributed by atoms with Crippen molar-refractivity contribution < 1.29 is 14.7 Å². The molecule has 142 valence electrons. The van der Waals surface area contributed by atoms with E-state index in [1.54, 1.807) is 11.8 Å². The lowest BCUT2D eigenvalue weighted by atomic mass is 9.97. The Labute approximate surface area is 149 Å². The predicted molar refractivity (Wildman–Crippen MR) is 94.8 cm³/mol. The van der Waals surface area contributed by atoms with Crippen LogP contribution in [0, 0.1) is 0 Å². The zero-order valence-corrected chi connectivity index (χ0v) is 15.3. The lowest BCUT2D eigenvalue weighted by Crippen LogP contribution is -2.55. The van der Waals surface area contributed by atoms with Gasteiger partial charge in [-0.2, -0.15) is 0 Å². The third-order valence-electron chi connectivity index (χ3n) is 6.05. The highest BCUT2D eigenvalue weighted by Crippen LogP contribution is 2.32. The Bertz CT molecular complexity index is 512. The molecule has 0 spiro atoms. The molecule has 0 aromatic heterocycles. The molecule has 3 rings (SSSR count). The van der Waals surface area contributed by atoms with E-state index in [0.29, 0.717) is 26.1 Å². The zero-order chi connectivity index (χ0) is 18.1. The van der Waals surface area contributed by atoms with E-state index < -0.39 is 11.1 Å². The van der Waals surface area contributed by atoms with E-state index in [4.69, 9.17) is 5.73 Å². The molecule has 1 aliphatic carbocycles. The number of rotatable bonds is 4. The summed E-state index contributed by atoms with van der Waals surface area (Å²) >= 11 is 0. The SMILES string of the molecule is CC(=O)NC1CCN(CC2(O)CCN(C(=O)C3(N)CCCC3)C2)CC1. The summed E-state index contributed by atoms with van der Waals surface area (Å²) in [6.07, 6.45) is 5.98. The van der Waals surface area contributed by atoms with Gasteiger partial charge in [0, 0.05) is 39.1 Å². The standard InChI is InChI=1S/C18H32N4O3/c1-14(23)20-15-4-9-21(10-5-15)12-17(25)8-11-22(13-17)16(24)18(19)6-2-3-7-18/h15,25H,2-13,19H2,1H3,(H,20,23). The molecule has 2 saturated heterocycles. The van der Waals surface area contributed by atoms with Crippen LogP contribution in [0.4, 0.5) is 0 Å². The fourth-order valence-corrected chi connectivity index (χ4v) is 4.63. The van der Waals surface area contributed by atoms with E-state index in [0.717, 1.165) is 51.6 Å². The average molecular weight is 352 g/mol. The summed E-state index contributed by atoms with van der Waals surface area (Å²) in [5, 5.41) is 13.9. The first-order valence-electron chi connectivity index (χ1n) is 9.60. The van der Waals surface area contributed by atoms with Gasteiger partial charge in [-0.05, 0) is 32.1 Å². The number of hydrogen-bond donors (Lipinski definition) is 3. The second kappa shape index (κ2) is 7.21. The Morgan fingerprint density at radius 2 is 1.80 bits per heavy atom. The van der Waals surface area contributed by atoms with Gasteiger partial charge < -0.3 is 26.0 Å². The number of β-amino-alcohol motifs (C(OH)–C–C–N with tert-alkyl or cyclic N) is 1. The number of amides is 2. The fraction of sp³-hybridized carbons (Fsp3) is 0.889. The van der Waals surface area contributed by atoms with Crippen LogP contribution < -0.4 is 11.1 Å². The molecule has 7 nitrogen and oxygen atoms in total. The monoisotopic (exact) mass is 352 g/mol. The van der Waals surface area contributed by atoms with Gasteiger partial charge in [0.25, 0.3) is 0 Å². The minimum Gasteiger partial charge on any atom is -0.387 e. The van der Waals surface area contributed by atoms with Crippen molar-refractivity contribution in [2.75, 3.05) is 32.7 Å². The van der Waals surface area contributed by atoms with E-state index in [-0.39, 0.29) is 17.9 Å². The van der Waals surface area contributed by atoms with Crippen LogP contribution in [-0.2, 0) is 9.59 Å². The zero-order valence-electron chi connectivity index (χ0n) is 15.3. The van der Waals surface area contributed by atoms with Gasteiger partial charge in [0.1, 0.15) is 0 Å². The Morgan fingerprint density at radius 1 is 1.16 bits per heavy atom. The molecule has 0 bridgehead atoms. The highest BCUT2D eigenvalue weighted by Gasteiger charge is 2.46. The van der Waals surface area contributed by atoms with Crippen molar-refractivity contribution in [3.8, 4) is 0 Å². The second-order valence-corrected chi connectivity index (χ2v) is 8.32. The molecule has 2 heterocycles. The van der Waals surface area contributed by atoms with Crippen LogP contribution in [0.1, 0.15) is 51.9 Å². The second-order valence-electron chi connectivity index (χ2n) is 8.32.